The Morgan fingerprint density at radius 3 is 1.70 bits per heavy atom. The summed E-state index contributed by atoms with van der Waals surface area (Å²) in [7, 11) is 1.58. The number of ether oxygens (including phenoxy) is 1. The lowest BCUT2D eigenvalue weighted by Crippen LogP contribution is -2.18. The lowest BCUT2D eigenvalue weighted by Gasteiger charge is -2.15. The molecule has 124 valence electrons. The highest BCUT2D eigenvalue weighted by atomic mass is 35.6. The number of rotatable bonds is 3. The van der Waals surface area contributed by atoms with Crippen LogP contribution in [0.3, 0.4) is 0 Å². The van der Waals surface area contributed by atoms with Gasteiger partial charge in [-0.25, -0.2) is 15.0 Å². The van der Waals surface area contributed by atoms with E-state index in [2.05, 4.69) is 15.0 Å². The minimum Gasteiger partial charge on any atom is -0.497 e. The lowest BCUT2D eigenvalue weighted by atomic mass is 10.1. The Kier molecular flexibility index (Phi) is 6.10. The van der Waals surface area contributed by atoms with Gasteiger partial charge in [-0.15, -0.1) is 0 Å². The second-order valence-corrected chi connectivity index (χ2v) is 8.98. The first kappa shape index (κ1) is 19.1. The van der Waals surface area contributed by atoms with Gasteiger partial charge in [0, 0.05) is 6.42 Å². The lowest BCUT2D eigenvalue weighted by molar-refractivity contribution is 0.414. The van der Waals surface area contributed by atoms with E-state index in [9.17, 15) is 0 Å². The zero-order valence-electron chi connectivity index (χ0n) is 11.5. The van der Waals surface area contributed by atoms with Gasteiger partial charge in [-0.1, -0.05) is 81.7 Å². The van der Waals surface area contributed by atoms with Crippen molar-refractivity contribution in [3.8, 4) is 5.75 Å². The van der Waals surface area contributed by atoms with Gasteiger partial charge in [-0.05, 0) is 17.7 Å². The molecule has 0 fully saturated rings. The smallest absolute Gasteiger partial charge is 0.250 e. The third-order valence-electron chi connectivity index (χ3n) is 2.71. The number of hydrogen-bond donors (Lipinski definition) is 0. The molecule has 1 heterocycles. The van der Waals surface area contributed by atoms with Gasteiger partial charge in [0.1, 0.15) is 11.6 Å². The summed E-state index contributed by atoms with van der Waals surface area (Å²) in [6.45, 7) is 0. The van der Waals surface area contributed by atoms with Crippen LogP contribution in [-0.2, 0) is 14.0 Å². The van der Waals surface area contributed by atoms with Crippen LogP contribution < -0.4 is 4.74 Å². The number of halogens is 6. The second kappa shape index (κ2) is 7.34. The summed E-state index contributed by atoms with van der Waals surface area (Å²) in [4.78, 5) is 12.2. The molecule has 0 aliphatic carbocycles. The Morgan fingerprint density at radius 2 is 1.30 bits per heavy atom. The number of methoxy groups -OCH3 is 1. The third-order valence-corrected chi connectivity index (χ3v) is 3.72. The van der Waals surface area contributed by atoms with Gasteiger partial charge in [0.25, 0.3) is 0 Å². The molecule has 2 rings (SSSR count). The summed E-state index contributed by atoms with van der Waals surface area (Å²) in [5, 5.41) is 0. The first-order valence-electron chi connectivity index (χ1n) is 6.12. The second-order valence-electron chi connectivity index (χ2n) is 4.42. The molecule has 0 spiro atoms. The van der Waals surface area contributed by atoms with Gasteiger partial charge in [-0.2, -0.15) is 0 Å². The van der Waals surface area contributed by atoms with E-state index in [0.29, 0.717) is 12.2 Å². The molecule has 0 radical (unpaired) electrons. The predicted octanol–water partition coefficient (Wildman–Crippen LogP) is 5.12. The highest BCUT2D eigenvalue weighted by Gasteiger charge is 2.33. The summed E-state index contributed by atoms with van der Waals surface area (Å²) < 4.78 is 1.38. The number of aromatic nitrogens is 3. The van der Waals surface area contributed by atoms with Gasteiger partial charge in [0.05, 0.1) is 7.11 Å². The van der Waals surface area contributed by atoms with Gasteiger partial charge in [0.15, 0.2) is 11.6 Å². The molecule has 0 atom stereocenters. The SMILES string of the molecule is COc1ccc(Cc2nc(C(Cl)(Cl)Cl)nc(C(Cl)(Cl)Cl)n2)cc1. The van der Waals surface area contributed by atoms with E-state index < -0.39 is 7.59 Å². The highest BCUT2D eigenvalue weighted by Crippen LogP contribution is 2.40. The Morgan fingerprint density at radius 1 is 0.826 bits per heavy atom. The first-order valence-corrected chi connectivity index (χ1v) is 8.38. The van der Waals surface area contributed by atoms with Crippen molar-refractivity contribution in [3.05, 3.63) is 47.3 Å². The molecule has 0 bridgehead atoms. The topological polar surface area (TPSA) is 47.9 Å². The van der Waals surface area contributed by atoms with Crippen LogP contribution in [0.5, 0.6) is 5.75 Å². The fourth-order valence-corrected chi connectivity index (χ4v) is 2.19. The summed E-state index contributed by atoms with van der Waals surface area (Å²) >= 11 is 35.0. The summed E-state index contributed by atoms with van der Waals surface area (Å²) in [6, 6.07) is 7.32. The molecule has 0 saturated carbocycles. The van der Waals surface area contributed by atoms with Crippen LogP contribution in [-0.4, -0.2) is 22.1 Å². The average molecular weight is 436 g/mol. The summed E-state index contributed by atoms with van der Waals surface area (Å²) in [5.41, 5.74) is 0.905. The summed E-state index contributed by atoms with van der Waals surface area (Å²) in [6.07, 6.45) is 0.341. The van der Waals surface area contributed by atoms with Crippen molar-refractivity contribution < 1.29 is 4.74 Å². The van der Waals surface area contributed by atoms with Crippen molar-refractivity contribution in [1.82, 2.24) is 15.0 Å². The van der Waals surface area contributed by atoms with E-state index in [1.54, 1.807) is 7.11 Å². The monoisotopic (exact) mass is 433 g/mol. The van der Waals surface area contributed by atoms with Crippen LogP contribution >= 0.6 is 69.6 Å². The Balaban J connectivity index is 2.40. The maximum absolute atomic E-state index is 5.83. The normalized spacial score (nSPS) is 12.3. The number of nitrogens with zero attached hydrogens (tertiary/aromatic N) is 3. The summed E-state index contributed by atoms with van der Waals surface area (Å²) in [5.74, 6) is 0.825. The zero-order valence-corrected chi connectivity index (χ0v) is 16.1. The fraction of sp³-hybridized carbons (Fsp3) is 0.308. The molecular weight excluding hydrogens is 427 g/mol. The van der Waals surface area contributed by atoms with Crippen LogP contribution in [0.15, 0.2) is 24.3 Å². The van der Waals surface area contributed by atoms with Crippen LogP contribution in [0.1, 0.15) is 23.0 Å². The van der Waals surface area contributed by atoms with E-state index >= 15 is 0 Å². The molecule has 0 unspecified atom stereocenters. The molecule has 0 amide bonds. The Labute approximate surface area is 163 Å². The maximum atomic E-state index is 5.83. The Hall–Kier alpha value is -0.230. The van der Waals surface area contributed by atoms with E-state index in [0.717, 1.165) is 11.3 Å². The quantitative estimate of drug-likeness (QED) is 0.627. The third kappa shape index (κ3) is 5.38. The highest BCUT2D eigenvalue weighted by molar-refractivity contribution is 6.67. The molecule has 0 aliphatic rings. The molecule has 23 heavy (non-hydrogen) atoms. The predicted molar refractivity (Wildman–Crippen MR) is 94.1 cm³/mol. The maximum Gasteiger partial charge on any atom is 0.250 e. The van der Waals surface area contributed by atoms with Crippen molar-refractivity contribution in [1.29, 1.82) is 0 Å². The minimum absolute atomic E-state index is 0.109. The van der Waals surface area contributed by atoms with Gasteiger partial charge >= 0.3 is 0 Å². The van der Waals surface area contributed by atoms with Crippen molar-refractivity contribution in [2.75, 3.05) is 7.11 Å². The molecule has 0 aliphatic heterocycles. The van der Waals surface area contributed by atoms with Crippen molar-refractivity contribution in [2.45, 2.75) is 14.0 Å². The van der Waals surface area contributed by atoms with Crippen molar-refractivity contribution >= 4 is 69.6 Å². The average Bonchev–Trinajstić information content (AvgIpc) is 2.46. The van der Waals surface area contributed by atoms with Gasteiger partial charge < -0.3 is 4.74 Å². The molecular formula is C13H9Cl6N3O. The molecule has 0 N–H and O–H groups in total. The standard InChI is InChI=1S/C13H9Cl6N3O/c1-23-8-4-2-7(3-5-8)6-9-20-10(12(14,15)16)22-11(21-9)13(17,18)19/h2-5H,6H2,1H3. The van der Waals surface area contributed by atoms with E-state index in [4.69, 9.17) is 74.3 Å². The first-order chi connectivity index (χ1) is 10.6. The van der Waals surface area contributed by atoms with E-state index in [1.165, 1.54) is 0 Å². The molecule has 1 aromatic carbocycles. The molecule has 10 heteroatoms. The van der Waals surface area contributed by atoms with Crippen molar-refractivity contribution in [2.24, 2.45) is 0 Å². The number of benzene rings is 1. The van der Waals surface area contributed by atoms with E-state index in [1.807, 2.05) is 24.3 Å². The van der Waals surface area contributed by atoms with Crippen LogP contribution in [0.4, 0.5) is 0 Å². The molecule has 4 nitrogen and oxygen atoms in total. The van der Waals surface area contributed by atoms with E-state index in [-0.39, 0.29) is 11.6 Å². The zero-order chi connectivity index (χ0) is 17.3. The molecule has 0 saturated heterocycles. The van der Waals surface area contributed by atoms with Gasteiger partial charge in [-0.3, -0.25) is 0 Å². The Bertz CT molecular complexity index is 649. The van der Waals surface area contributed by atoms with Crippen LogP contribution in [0, 0.1) is 0 Å². The van der Waals surface area contributed by atoms with Gasteiger partial charge in [0.2, 0.25) is 7.59 Å². The van der Waals surface area contributed by atoms with Crippen molar-refractivity contribution in [3.63, 3.8) is 0 Å². The van der Waals surface area contributed by atoms with Crippen LogP contribution in [0.25, 0.3) is 0 Å². The number of alkyl halides is 6. The minimum atomic E-state index is -1.86. The largest absolute Gasteiger partial charge is 0.497 e. The molecule has 2 aromatic rings. The number of hydrogen-bond acceptors (Lipinski definition) is 4. The van der Waals surface area contributed by atoms with Crippen LogP contribution in [0.2, 0.25) is 0 Å². The molecule has 1 aromatic heterocycles. The fourth-order valence-electron chi connectivity index (χ4n) is 1.68.